The number of unbranched alkanes of at least 4 members (excludes halogenated alkanes) is 22. The number of ether oxygens (including phenoxy) is 5. The molecule has 2 atom stereocenters. The van der Waals surface area contributed by atoms with E-state index in [9.17, 15) is 16.8 Å². The van der Waals surface area contributed by atoms with E-state index in [4.69, 9.17) is 32.8 Å². The largest absolute Gasteiger partial charge is 0.379 e. The molecule has 0 saturated heterocycles. The Bertz CT molecular complexity index is 888. The molecule has 0 aromatic rings. The first kappa shape index (κ1) is 52.6. The van der Waals surface area contributed by atoms with Gasteiger partial charge in [0, 0.05) is 26.4 Å². The molecular formula is C40H82O11S2. The average molecular weight is 803 g/mol. The van der Waals surface area contributed by atoms with Crippen LogP contribution in [-0.4, -0.2) is 103 Å². The highest BCUT2D eigenvalue weighted by Crippen LogP contribution is 2.14. The van der Waals surface area contributed by atoms with Crippen LogP contribution in [0.5, 0.6) is 0 Å². The minimum Gasteiger partial charge on any atom is -0.379 e. The third-order valence-electron chi connectivity index (χ3n) is 9.30. The van der Waals surface area contributed by atoms with Crippen molar-refractivity contribution in [3.63, 3.8) is 0 Å². The SMILES string of the molecule is CCCCCCCCCCCCCCOCC(COCC(COCCCCCCCCCCCCCC)OCCCS(=O)(=O)O)OCCCS(=O)(=O)O. The van der Waals surface area contributed by atoms with E-state index in [2.05, 4.69) is 13.8 Å². The van der Waals surface area contributed by atoms with Crippen molar-refractivity contribution in [3.05, 3.63) is 0 Å². The van der Waals surface area contributed by atoms with E-state index in [0.717, 1.165) is 25.7 Å². The van der Waals surface area contributed by atoms with Crippen molar-refractivity contribution in [2.24, 2.45) is 0 Å². The van der Waals surface area contributed by atoms with Gasteiger partial charge in [-0.05, 0) is 25.7 Å². The summed E-state index contributed by atoms with van der Waals surface area (Å²) >= 11 is 0. The minimum atomic E-state index is -4.06. The normalized spacial score (nSPS) is 13.5. The fraction of sp³-hybridized carbons (Fsp3) is 1.00. The zero-order valence-corrected chi connectivity index (χ0v) is 35.6. The Balaban J connectivity index is 4.49. The maximum atomic E-state index is 11.1. The second-order valence-electron chi connectivity index (χ2n) is 14.7. The van der Waals surface area contributed by atoms with Crippen molar-refractivity contribution in [2.75, 3.05) is 64.4 Å². The summed E-state index contributed by atoms with van der Waals surface area (Å²) < 4.78 is 92.1. The van der Waals surface area contributed by atoms with Gasteiger partial charge in [-0.1, -0.05) is 155 Å². The molecule has 2 unspecified atom stereocenters. The molecule has 0 aromatic heterocycles. The van der Waals surface area contributed by atoms with Gasteiger partial charge in [0.2, 0.25) is 0 Å². The molecule has 11 nitrogen and oxygen atoms in total. The molecule has 0 saturated carbocycles. The summed E-state index contributed by atoms with van der Waals surface area (Å²) in [6.45, 7) is 6.93. The molecule has 0 spiro atoms. The summed E-state index contributed by atoms with van der Waals surface area (Å²) in [5.41, 5.74) is 0. The van der Waals surface area contributed by atoms with Crippen molar-refractivity contribution in [3.8, 4) is 0 Å². The molecule has 0 rings (SSSR count). The molecule has 0 heterocycles. The third kappa shape index (κ3) is 44.2. The van der Waals surface area contributed by atoms with Crippen molar-refractivity contribution < 1.29 is 49.6 Å². The van der Waals surface area contributed by atoms with Gasteiger partial charge in [-0.3, -0.25) is 9.11 Å². The predicted octanol–water partition coefficient (Wildman–Crippen LogP) is 9.76. The lowest BCUT2D eigenvalue weighted by Gasteiger charge is -2.22. The molecule has 2 N–H and O–H groups in total. The molecule has 0 fully saturated rings. The smallest absolute Gasteiger partial charge is 0.264 e. The molecule has 0 bridgehead atoms. The lowest BCUT2D eigenvalue weighted by molar-refractivity contribution is -0.0949. The van der Waals surface area contributed by atoms with Gasteiger partial charge in [0.15, 0.2) is 0 Å². The summed E-state index contributed by atoms with van der Waals surface area (Å²) in [5.74, 6) is -0.757. The maximum Gasteiger partial charge on any atom is 0.264 e. The van der Waals surface area contributed by atoms with Gasteiger partial charge in [-0.2, -0.15) is 16.8 Å². The predicted molar refractivity (Wildman–Crippen MR) is 216 cm³/mol. The fourth-order valence-corrected chi connectivity index (χ4v) is 7.09. The van der Waals surface area contributed by atoms with Crippen molar-refractivity contribution in [1.29, 1.82) is 0 Å². The highest BCUT2D eigenvalue weighted by atomic mass is 32.2. The molecule has 0 aliphatic rings. The number of hydrogen-bond acceptors (Lipinski definition) is 9. The van der Waals surface area contributed by atoms with E-state index in [0.29, 0.717) is 26.4 Å². The Morgan fingerprint density at radius 3 is 0.906 bits per heavy atom. The van der Waals surface area contributed by atoms with Crippen LogP contribution in [0.3, 0.4) is 0 Å². The van der Waals surface area contributed by atoms with Crippen LogP contribution in [0.1, 0.15) is 181 Å². The van der Waals surface area contributed by atoms with Crippen molar-refractivity contribution >= 4 is 20.2 Å². The summed E-state index contributed by atoms with van der Waals surface area (Å²) in [5, 5.41) is 0. The van der Waals surface area contributed by atoms with Crippen LogP contribution >= 0.6 is 0 Å². The summed E-state index contributed by atoms with van der Waals surface area (Å²) in [6, 6.07) is 0. The zero-order valence-electron chi connectivity index (χ0n) is 34.0. The second-order valence-corrected chi connectivity index (χ2v) is 17.9. The van der Waals surface area contributed by atoms with E-state index >= 15 is 0 Å². The molecule has 0 amide bonds. The molecule has 53 heavy (non-hydrogen) atoms. The van der Waals surface area contributed by atoms with Crippen LogP contribution in [-0.2, 0) is 43.9 Å². The van der Waals surface area contributed by atoms with E-state index in [1.807, 2.05) is 0 Å². The van der Waals surface area contributed by atoms with Gasteiger partial charge in [-0.15, -0.1) is 0 Å². The minimum absolute atomic E-state index is 0.132. The van der Waals surface area contributed by atoms with Crippen molar-refractivity contribution in [2.45, 2.75) is 193 Å². The second kappa shape index (κ2) is 38.5. The summed E-state index contributed by atoms with van der Waals surface area (Å²) in [4.78, 5) is 0. The van der Waals surface area contributed by atoms with Crippen LogP contribution < -0.4 is 0 Å². The van der Waals surface area contributed by atoms with Crippen LogP contribution in [0.4, 0.5) is 0 Å². The van der Waals surface area contributed by atoms with Crippen LogP contribution in [0.25, 0.3) is 0 Å². The van der Waals surface area contributed by atoms with E-state index in [1.54, 1.807) is 0 Å². The fourth-order valence-electron chi connectivity index (χ4n) is 6.12. The monoisotopic (exact) mass is 803 g/mol. The lowest BCUT2D eigenvalue weighted by Crippen LogP contribution is -2.32. The topological polar surface area (TPSA) is 155 Å². The summed E-state index contributed by atoms with van der Waals surface area (Å²) in [7, 11) is -8.13. The Kier molecular flexibility index (Phi) is 38.2. The third-order valence-corrected chi connectivity index (χ3v) is 10.9. The summed E-state index contributed by atoms with van der Waals surface area (Å²) in [6.07, 6.45) is 29.9. The van der Waals surface area contributed by atoms with Gasteiger partial charge in [-0.25, -0.2) is 0 Å². The molecule has 0 aliphatic carbocycles. The van der Waals surface area contributed by atoms with Gasteiger partial charge in [0.05, 0.1) is 37.9 Å². The maximum absolute atomic E-state index is 11.1. The van der Waals surface area contributed by atoms with Gasteiger partial charge < -0.3 is 23.7 Å². The molecule has 0 aliphatic heterocycles. The lowest BCUT2D eigenvalue weighted by atomic mass is 10.1. The Morgan fingerprint density at radius 1 is 0.358 bits per heavy atom. The molecular weight excluding hydrogens is 721 g/mol. The Hall–Kier alpha value is -0.380. The highest BCUT2D eigenvalue weighted by molar-refractivity contribution is 7.86. The number of hydrogen-bond donors (Lipinski definition) is 2. The molecule has 13 heteroatoms. The molecule has 320 valence electrons. The van der Waals surface area contributed by atoms with Crippen LogP contribution in [0.15, 0.2) is 0 Å². The highest BCUT2D eigenvalue weighted by Gasteiger charge is 2.16. The van der Waals surface area contributed by atoms with Crippen molar-refractivity contribution in [1.82, 2.24) is 0 Å². The number of rotatable bonds is 44. The van der Waals surface area contributed by atoms with E-state index < -0.39 is 32.4 Å². The quantitative estimate of drug-likeness (QED) is 0.0447. The average Bonchev–Trinajstić information content (AvgIpc) is 3.10. The van der Waals surface area contributed by atoms with E-state index in [-0.39, 0.29) is 50.8 Å². The Labute approximate surface area is 326 Å². The van der Waals surface area contributed by atoms with Gasteiger partial charge >= 0.3 is 0 Å². The van der Waals surface area contributed by atoms with Gasteiger partial charge in [0.1, 0.15) is 12.2 Å². The van der Waals surface area contributed by atoms with Crippen LogP contribution in [0.2, 0.25) is 0 Å². The van der Waals surface area contributed by atoms with Gasteiger partial charge in [0.25, 0.3) is 20.2 Å². The first-order valence-electron chi connectivity index (χ1n) is 21.4. The van der Waals surface area contributed by atoms with E-state index in [1.165, 1.54) is 128 Å². The zero-order chi connectivity index (χ0) is 39.1. The molecule has 0 radical (unpaired) electrons. The standard InChI is InChI=1S/C40H82O11S2/c1-3-5-7-9-11-13-15-17-19-21-23-25-29-47-35-39(50-31-27-33-52(41,42)43)37-49-38-40(51-32-28-34-53(44,45)46)36-48-30-26-24-22-20-18-16-14-12-10-8-6-4-2/h39-40H,3-38H2,1-2H3,(H,41,42,43)(H,44,45,46). The van der Waals surface area contributed by atoms with Crippen LogP contribution in [0, 0.1) is 0 Å². The first-order valence-corrected chi connectivity index (χ1v) is 24.7. The Morgan fingerprint density at radius 2 is 0.623 bits per heavy atom. The first-order chi connectivity index (χ1) is 25.6. The molecule has 0 aromatic carbocycles.